The van der Waals surface area contributed by atoms with Gasteiger partial charge in [-0.15, -0.1) is 0 Å². The zero-order valence-electron chi connectivity index (χ0n) is 35.0. The van der Waals surface area contributed by atoms with Crippen molar-refractivity contribution in [1.29, 1.82) is 0 Å². The molecule has 8 heterocycles. The van der Waals surface area contributed by atoms with E-state index in [1.165, 1.54) is 5.56 Å². The maximum absolute atomic E-state index is 13.4. The number of carbonyl (C=O) groups excluding carboxylic acids is 5. The highest BCUT2D eigenvalue weighted by Gasteiger charge is 2.47. The van der Waals surface area contributed by atoms with Crippen LogP contribution < -0.4 is 20.9 Å². The monoisotopic (exact) mass is 844 g/mol. The van der Waals surface area contributed by atoms with Crippen molar-refractivity contribution in [3.8, 4) is 11.3 Å². The Morgan fingerprint density at radius 2 is 1.65 bits per heavy atom. The number of fused-ring (bicyclic) bond motifs is 3. The molecular formula is C48H48N10O5. The molecule has 0 spiro atoms. The number of carbonyl (C=O) groups is 5. The molecule has 11 rings (SSSR count). The zero-order chi connectivity index (χ0) is 43.2. The van der Waals surface area contributed by atoms with Crippen molar-refractivity contribution in [2.24, 2.45) is 5.92 Å². The number of amides is 5. The van der Waals surface area contributed by atoms with Crippen molar-refractivity contribution in [1.82, 2.24) is 35.0 Å². The molecule has 5 saturated heterocycles. The number of aromatic nitrogens is 3. The molecule has 2 bridgehead atoms. The third-order valence-corrected chi connectivity index (χ3v) is 13.3. The molecule has 5 aromatic rings. The Kier molecular flexibility index (Phi) is 10.7. The normalized spacial score (nSPS) is 21.5. The Balaban J connectivity index is 0.681. The second-order valence-corrected chi connectivity index (χ2v) is 17.4. The molecule has 63 heavy (non-hydrogen) atoms. The highest BCUT2D eigenvalue weighted by atomic mass is 16.2. The summed E-state index contributed by atoms with van der Waals surface area (Å²) in [7, 11) is 0. The molecule has 3 aromatic carbocycles. The first-order valence-electron chi connectivity index (χ1n) is 21.7. The van der Waals surface area contributed by atoms with Gasteiger partial charge >= 0.3 is 0 Å². The molecule has 5 fully saturated rings. The van der Waals surface area contributed by atoms with E-state index in [1.54, 1.807) is 30.7 Å². The number of anilines is 4. The molecule has 0 saturated carbocycles. The van der Waals surface area contributed by atoms with Crippen LogP contribution >= 0.6 is 0 Å². The molecule has 3 N–H and O–H groups in total. The lowest BCUT2D eigenvalue weighted by Crippen LogP contribution is -2.69. The summed E-state index contributed by atoms with van der Waals surface area (Å²) in [4.78, 5) is 85.8. The van der Waals surface area contributed by atoms with E-state index >= 15 is 0 Å². The van der Waals surface area contributed by atoms with Gasteiger partial charge in [-0.1, -0.05) is 18.2 Å². The fraction of sp³-hybridized carbons (Fsp3) is 0.333. The average molecular weight is 845 g/mol. The van der Waals surface area contributed by atoms with Crippen LogP contribution in [0.2, 0.25) is 0 Å². The molecule has 320 valence electrons. The van der Waals surface area contributed by atoms with Gasteiger partial charge < -0.3 is 15.5 Å². The van der Waals surface area contributed by atoms with Crippen LogP contribution in [0.5, 0.6) is 0 Å². The third-order valence-electron chi connectivity index (χ3n) is 13.3. The molecular weight excluding hydrogens is 797 g/mol. The Labute approximate surface area is 364 Å². The van der Waals surface area contributed by atoms with E-state index in [2.05, 4.69) is 45.6 Å². The van der Waals surface area contributed by atoms with Crippen LogP contribution in [0.1, 0.15) is 74.3 Å². The Morgan fingerprint density at radius 1 is 0.857 bits per heavy atom. The maximum atomic E-state index is 13.4. The predicted octanol–water partition coefficient (Wildman–Crippen LogP) is 5.42. The topological polar surface area (TPSA) is 173 Å². The number of benzene rings is 3. The number of rotatable bonds is 11. The summed E-state index contributed by atoms with van der Waals surface area (Å²) in [5.41, 5.74) is 7.43. The van der Waals surface area contributed by atoms with Crippen LogP contribution in [0.25, 0.3) is 11.3 Å². The Bertz CT molecular complexity index is 2600. The number of hydrogen-bond acceptors (Lipinski definition) is 12. The summed E-state index contributed by atoms with van der Waals surface area (Å²) in [6.07, 6.45) is 8.87. The first-order chi connectivity index (χ1) is 30.6. The van der Waals surface area contributed by atoms with Crippen molar-refractivity contribution in [3.05, 3.63) is 125 Å². The molecule has 0 radical (unpaired) electrons. The highest BCUT2D eigenvalue weighted by molar-refractivity contribution is 6.23. The minimum Gasteiger partial charge on any atom is -0.368 e. The van der Waals surface area contributed by atoms with Gasteiger partial charge in [0.05, 0.1) is 16.8 Å². The Morgan fingerprint density at radius 3 is 2.41 bits per heavy atom. The van der Waals surface area contributed by atoms with Gasteiger partial charge in [0, 0.05) is 91.5 Å². The van der Waals surface area contributed by atoms with E-state index in [0.29, 0.717) is 46.3 Å². The standard InChI is InChI=1S/C48H48N10O5/c1-29-4-9-34(21-41(29)53-48-50-18-14-40(52-48)33-3-2-17-49-24-33)51-44(60)32-7-5-30(6-8-32)25-55-19-15-31(16-20-55)26-57-36-22-37(57)28-56(27-36)35-10-11-38-39(23-35)47(63)58(46(38)62)42-12-13-43(59)54-45(42)61/h2-11,14,17-18,21,23-24,31,36-37,42H,12-13,15-16,19-20,22,25-28H2,1H3,(H,51,60)(H,50,52,53)(H,54,59,61). The average Bonchev–Trinajstić information content (AvgIpc) is 3.55. The summed E-state index contributed by atoms with van der Waals surface area (Å²) < 4.78 is 0. The number of nitrogens with zero attached hydrogens (tertiary/aromatic N) is 7. The van der Waals surface area contributed by atoms with Gasteiger partial charge in [0.2, 0.25) is 17.8 Å². The minimum atomic E-state index is -0.968. The van der Waals surface area contributed by atoms with Crippen LogP contribution in [0.15, 0.2) is 97.5 Å². The van der Waals surface area contributed by atoms with Crippen molar-refractivity contribution >= 4 is 52.5 Å². The molecule has 15 heteroatoms. The number of hydrogen-bond donors (Lipinski definition) is 3. The lowest BCUT2D eigenvalue weighted by molar-refractivity contribution is -0.136. The summed E-state index contributed by atoms with van der Waals surface area (Å²) in [6, 6.07) is 24.6. The zero-order valence-corrected chi connectivity index (χ0v) is 35.0. The molecule has 3 unspecified atom stereocenters. The summed E-state index contributed by atoms with van der Waals surface area (Å²) in [5, 5.41) is 8.60. The largest absolute Gasteiger partial charge is 0.368 e. The fourth-order valence-corrected chi connectivity index (χ4v) is 9.75. The van der Waals surface area contributed by atoms with Gasteiger partial charge in [0.25, 0.3) is 17.7 Å². The summed E-state index contributed by atoms with van der Waals surface area (Å²) >= 11 is 0. The van der Waals surface area contributed by atoms with Crippen molar-refractivity contribution in [2.45, 2.75) is 63.7 Å². The molecule has 2 aromatic heterocycles. The number of imide groups is 2. The van der Waals surface area contributed by atoms with E-state index in [1.807, 2.05) is 73.7 Å². The van der Waals surface area contributed by atoms with Crippen LogP contribution in [0.3, 0.4) is 0 Å². The third kappa shape index (κ3) is 8.17. The molecule has 6 aliphatic heterocycles. The van der Waals surface area contributed by atoms with Gasteiger partial charge in [0.15, 0.2) is 0 Å². The van der Waals surface area contributed by atoms with E-state index in [4.69, 9.17) is 0 Å². The highest BCUT2D eigenvalue weighted by Crippen LogP contribution is 2.38. The fourth-order valence-electron chi connectivity index (χ4n) is 9.75. The lowest BCUT2D eigenvalue weighted by atomic mass is 9.84. The molecule has 6 aliphatic rings. The first-order valence-corrected chi connectivity index (χ1v) is 21.7. The van der Waals surface area contributed by atoms with E-state index < -0.39 is 23.8 Å². The minimum absolute atomic E-state index is 0.0964. The van der Waals surface area contributed by atoms with E-state index in [9.17, 15) is 24.0 Å². The number of aryl methyl sites for hydroxylation is 1. The molecule has 5 amide bonds. The van der Waals surface area contributed by atoms with Gasteiger partial charge in [0.1, 0.15) is 6.04 Å². The van der Waals surface area contributed by atoms with E-state index in [0.717, 1.165) is 91.6 Å². The second-order valence-electron chi connectivity index (χ2n) is 17.4. The van der Waals surface area contributed by atoms with E-state index in [-0.39, 0.29) is 24.7 Å². The van der Waals surface area contributed by atoms with Crippen LogP contribution in [-0.2, 0) is 16.1 Å². The first kappa shape index (κ1) is 40.2. The smallest absolute Gasteiger partial charge is 0.262 e. The number of pyridine rings is 1. The predicted molar refractivity (Wildman–Crippen MR) is 236 cm³/mol. The van der Waals surface area contributed by atoms with Crippen molar-refractivity contribution < 1.29 is 24.0 Å². The maximum Gasteiger partial charge on any atom is 0.262 e. The lowest BCUT2D eigenvalue weighted by Gasteiger charge is -2.58. The second kappa shape index (κ2) is 16.8. The molecule has 0 aliphatic carbocycles. The SMILES string of the molecule is Cc1ccc(NC(=O)c2ccc(CN3CCC(CN4C5CC4CN(c4ccc6c(c4)C(=O)N(C4CCC(=O)NC4=O)C6=O)C5)CC3)cc2)cc1Nc1nccc(-c2cccnc2)n1. The summed E-state index contributed by atoms with van der Waals surface area (Å²) in [6.45, 7) is 7.71. The van der Waals surface area contributed by atoms with Crippen LogP contribution in [0.4, 0.5) is 23.0 Å². The molecule has 15 nitrogen and oxygen atoms in total. The van der Waals surface area contributed by atoms with Crippen LogP contribution in [0, 0.1) is 12.8 Å². The van der Waals surface area contributed by atoms with Gasteiger partial charge in [-0.2, -0.15) is 0 Å². The quantitative estimate of drug-likeness (QED) is 0.145. The number of likely N-dealkylation sites (tertiary alicyclic amines) is 1. The Hall–Kier alpha value is -6.84. The number of piperidine rings is 3. The van der Waals surface area contributed by atoms with Crippen LogP contribution in [-0.4, -0.2) is 110 Å². The van der Waals surface area contributed by atoms with Crippen molar-refractivity contribution in [2.75, 3.05) is 48.3 Å². The molecule has 3 atom stereocenters. The van der Waals surface area contributed by atoms with Gasteiger partial charge in [-0.05, 0) is 123 Å². The number of nitrogens with one attached hydrogen (secondary N) is 3. The number of piperazine rings is 1. The summed E-state index contributed by atoms with van der Waals surface area (Å²) in [5.74, 6) is -1.03. The van der Waals surface area contributed by atoms with Crippen molar-refractivity contribution in [3.63, 3.8) is 0 Å². The van der Waals surface area contributed by atoms with Gasteiger partial charge in [-0.25, -0.2) is 9.97 Å². The van der Waals surface area contributed by atoms with Gasteiger partial charge in [-0.3, -0.25) is 49.0 Å².